The van der Waals surface area contributed by atoms with Crippen LogP contribution < -0.4 is 10.2 Å². The van der Waals surface area contributed by atoms with E-state index in [0.29, 0.717) is 17.4 Å². The summed E-state index contributed by atoms with van der Waals surface area (Å²) in [6, 6.07) is 7.37. The zero-order chi connectivity index (χ0) is 21.0. The van der Waals surface area contributed by atoms with Crippen molar-refractivity contribution in [2.24, 2.45) is 5.10 Å². The summed E-state index contributed by atoms with van der Waals surface area (Å²) in [7, 11) is 0. The predicted molar refractivity (Wildman–Crippen MR) is 91.6 cm³/mol. The van der Waals surface area contributed by atoms with E-state index in [0.717, 1.165) is 10.0 Å². The molecule has 0 aliphatic carbocycles. The molecule has 0 atom stereocenters. The van der Waals surface area contributed by atoms with Crippen molar-refractivity contribution in [1.82, 2.24) is 5.43 Å². The van der Waals surface area contributed by atoms with Crippen LogP contribution in [0.3, 0.4) is 0 Å². The number of hydrogen-bond acceptors (Lipinski definition) is 3. The number of hydrogen-bond donors (Lipinski definition) is 1. The van der Waals surface area contributed by atoms with Crippen molar-refractivity contribution in [3.05, 3.63) is 64.1 Å². The van der Waals surface area contributed by atoms with Gasteiger partial charge in [-0.15, -0.1) is 0 Å². The SMILES string of the molecule is FC(F)(F)C(F)(F)C(F)(F)N/N=C\c1cccc(OCc2ccc(Br)cc2)c1. The van der Waals surface area contributed by atoms with Gasteiger partial charge in [-0.2, -0.15) is 35.8 Å². The molecule has 0 spiro atoms. The highest BCUT2D eigenvalue weighted by molar-refractivity contribution is 9.10. The molecule has 0 radical (unpaired) electrons. The van der Waals surface area contributed by atoms with E-state index in [2.05, 4.69) is 21.0 Å². The predicted octanol–water partition coefficient (Wildman–Crippen LogP) is 5.74. The molecule has 0 bridgehead atoms. The van der Waals surface area contributed by atoms with Crippen LogP contribution in [0.25, 0.3) is 0 Å². The van der Waals surface area contributed by atoms with Crippen LogP contribution >= 0.6 is 15.9 Å². The lowest BCUT2D eigenvalue weighted by atomic mass is 10.2. The van der Waals surface area contributed by atoms with Gasteiger partial charge in [-0.05, 0) is 35.4 Å². The fourth-order valence-corrected chi connectivity index (χ4v) is 2.13. The van der Waals surface area contributed by atoms with Crippen LogP contribution in [0.2, 0.25) is 0 Å². The molecule has 28 heavy (non-hydrogen) atoms. The number of nitrogens with zero attached hydrogens (tertiary/aromatic N) is 1. The maximum atomic E-state index is 13.1. The number of halogens is 8. The van der Waals surface area contributed by atoms with Crippen LogP contribution in [0.15, 0.2) is 58.1 Å². The Bertz CT molecular complexity index is 823. The van der Waals surface area contributed by atoms with Gasteiger partial charge in [0, 0.05) is 4.47 Å². The van der Waals surface area contributed by atoms with Crippen molar-refractivity contribution in [2.45, 2.75) is 24.8 Å². The van der Waals surface area contributed by atoms with Crippen LogP contribution in [0.5, 0.6) is 5.75 Å². The maximum absolute atomic E-state index is 13.1. The second kappa shape index (κ2) is 8.38. The molecule has 152 valence electrons. The topological polar surface area (TPSA) is 33.6 Å². The van der Waals surface area contributed by atoms with Crippen LogP contribution in [0.4, 0.5) is 30.7 Å². The Morgan fingerprint density at radius 3 is 2.21 bits per heavy atom. The number of rotatable bonds is 7. The first kappa shape index (κ1) is 22.0. The molecular weight excluding hydrogens is 461 g/mol. The molecule has 0 saturated heterocycles. The molecule has 0 saturated carbocycles. The van der Waals surface area contributed by atoms with E-state index in [9.17, 15) is 30.7 Å². The Morgan fingerprint density at radius 1 is 0.964 bits per heavy atom. The lowest BCUT2D eigenvalue weighted by Gasteiger charge is -2.27. The summed E-state index contributed by atoms with van der Waals surface area (Å²) in [5.74, 6) is -5.97. The van der Waals surface area contributed by atoms with Crippen LogP contribution in [0.1, 0.15) is 11.1 Å². The second-order valence-electron chi connectivity index (χ2n) is 5.50. The third-order valence-corrected chi connectivity index (χ3v) is 3.87. The highest BCUT2D eigenvalue weighted by Gasteiger charge is 2.73. The minimum atomic E-state index is -6.43. The van der Waals surface area contributed by atoms with Gasteiger partial charge >= 0.3 is 18.1 Å². The number of benzene rings is 2. The molecule has 2 aromatic carbocycles. The first-order valence-electron chi connectivity index (χ1n) is 7.52. The van der Waals surface area contributed by atoms with Crippen LogP contribution in [-0.4, -0.2) is 24.4 Å². The van der Waals surface area contributed by atoms with Gasteiger partial charge in [0.05, 0.1) is 6.21 Å². The van der Waals surface area contributed by atoms with Gasteiger partial charge in [-0.25, -0.2) is 5.43 Å². The zero-order valence-electron chi connectivity index (χ0n) is 13.8. The summed E-state index contributed by atoms with van der Waals surface area (Å²) in [5.41, 5.74) is 1.55. The molecule has 3 nitrogen and oxygen atoms in total. The van der Waals surface area contributed by atoms with E-state index in [1.54, 1.807) is 6.07 Å². The van der Waals surface area contributed by atoms with Crippen molar-refractivity contribution < 1.29 is 35.5 Å². The molecule has 0 unspecified atom stereocenters. The summed E-state index contributed by atoms with van der Waals surface area (Å²) in [5, 5.41) is 2.80. The largest absolute Gasteiger partial charge is 0.489 e. The molecular formula is C17H12BrF7N2O. The third-order valence-electron chi connectivity index (χ3n) is 3.35. The quantitative estimate of drug-likeness (QED) is 0.241. The van der Waals surface area contributed by atoms with Gasteiger partial charge in [-0.1, -0.05) is 40.2 Å². The average molecular weight is 473 g/mol. The van der Waals surface area contributed by atoms with Gasteiger partial charge in [0.15, 0.2) is 0 Å². The molecule has 0 aromatic heterocycles. The van der Waals surface area contributed by atoms with Gasteiger partial charge in [0.1, 0.15) is 12.4 Å². The minimum Gasteiger partial charge on any atom is -0.489 e. The first-order chi connectivity index (χ1) is 12.9. The lowest BCUT2D eigenvalue weighted by molar-refractivity contribution is -0.361. The number of nitrogens with one attached hydrogen (secondary N) is 1. The van der Waals surface area contributed by atoms with E-state index in [1.165, 1.54) is 18.2 Å². The van der Waals surface area contributed by atoms with Crippen molar-refractivity contribution in [1.29, 1.82) is 0 Å². The Morgan fingerprint density at radius 2 is 1.61 bits per heavy atom. The molecule has 0 aliphatic rings. The molecule has 2 aromatic rings. The second-order valence-corrected chi connectivity index (χ2v) is 6.42. The van der Waals surface area contributed by atoms with Crippen LogP contribution in [0, 0.1) is 0 Å². The highest BCUT2D eigenvalue weighted by atomic mass is 79.9. The van der Waals surface area contributed by atoms with Crippen molar-refractivity contribution in [3.63, 3.8) is 0 Å². The van der Waals surface area contributed by atoms with Crippen LogP contribution in [-0.2, 0) is 6.61 Å². The number of alkyl halides is 7. The molecule has 0 aliphatic heterocycles. The van der Waals surface area contributed by atoms with Gasteiger partial charge < -0.3 is 4.74 Å². The normalized spacial score (nSPS) is 13.0. The molecule has 0 amide bonds. The van der Waals surface area contributed by atoms with Crippen molar-refractivity contribution in [3.8, 4) is 5.75 Å². The maximum Gasteiger partial charge on any atom is 0.462 e. The molecule has 0 fully saturated rings. The summed E-state index contributed by atoms with van der Waals surface area (Å²) in [6.45, 7) is 0.196. The summed E-state index contributed by atoms with van der Waals surface area (Å²) in [6.07, 6.45) is -5.76. The highest BCUT2D eigenvalue weighted by Crippen LogP contribution is 2.44. The summed E-state index contributed by atoms with van der Waals surface area (Å²) < 4.78 is 94.2. The Balaban J connectivity index is 2.01. The van der Waals surface area contributed by atoms with Crippen molar-refractivity contribution in [2.75, 3.05) is 0 Å². The van der Waals surface area contributed by atoms with Gasteiger partial charge in [0.25, 0.3) is 0 Å². The molecule has 0 heterocycles. The monoisotopic (exact) mass is 472 g/mol. The fourth-order valence-electron chi connectivity index (χ4n) is 1.87. The average Bonchev–Trinajstić information content (AvgIpc) is 2.60. The Hall–Kier alpha value is -2.30. The van der Waals surface area contributed by atoms with Gasteiger partial charge in [-0.3, -0.25) is 0 Å². The fraction of sp³-hybridized carbons (Fsp3) is 0.235. The van der Waals surface area contributed by atoms with E-state index < -0.39 is 18.1 Å². The smallest absolute Gasteiger partial charge is 0.462 e. The van der Waals surface area contributed by atoms with Gasteiger partial charge in [0.2, 0.25) is 0 Å². The molecule has 1 N–H and O–H groups in total. The summed E-state index contributed by atoms with van der Waals surface area (Å²) in [4.78, 5) is 0. The molecule has 11 heteroatoms. The molecule has 2 rings (SSSR count). The number of hydrazone groups is 1. The summed E-state index contributed by atoms with van der Waals surface area (Å²) >= 11 is 3.29. The lowest BCUT2D eigenvalue weighted by Crippen LogP contribution is -2.58. The zero-order valence-corrected chi connectivity index (χ0v) is 15.4. The first-order valence-corrected chi connectivity index (χ1v) is 8.31. The van der Waals surface area contributed by atoms with Crippen molar-refractivity contribution >= 4 is 22.1 Å². The Labute approximate surface area is 163 Å². The van der Waals surface area contributed by atoms with E-state index in [-0.39, 0.29) is 12.2 Å². The third kappa shape index (κ3) is 5.37. The Kier molecular flexibility index (Phi) is 6.58. The van der Waals surface area contributed by atoms with E-state index >= 15 is 0 Å². The van der Waals surface area contributed by atoms with E-state index in [1.807, 2.05) is 24.3 Å². The minimum absolute atomic E-state index is 0.145. The standard InChI is InChI=1S/C17H12BrF7N2O/c18-13-6-4-11(5-7-13)10-28-14-3-1-2-12(8-14)9-26-27-17(24,25)15(19,20)16(21,22)23/h1-9,27H,10H2/b26-9-. The number of ether oxygens (including phenoxy) is 1. The van der Waals surface area contributed by atoms with E-state index in [4.69, 9.17) is 4.74 Å².